The van der Waals surface area contributed by atoms with Crippen LogP contribution in [-0.2, 0) is 9.53 Å². The molecular formula is C10H20NO5+. The number of allylic oxidation sites excluding steroid dienone is 1. The molecule has 0 aliphatic carbocycles. The molecule has 0 rings (SSSR count). The minimum absolute atomic E-state index is 0.0536. The molecule has 0 spiro atoms. The number of carbonyl (C=O) groups excluding carboxylic acids is 1. The van der Waals surface area contributed by atoms with Crippen LogP contribution in [-0.4, -0.2) is 59.1 Å². The minimum Gasteiger partial charge on any atom is -0.459 e. The van der Waals surface area contributed by atoms with E-state index in [1.54, 1.807) is 19.1 Å². The molecule has 16 heavy (non-hydrogen) atoms. The van der Waals surface area contributed by atoms with Crippen molar-refractivity contribution in [3.8, 4) is 0 Å². The Kier molecular flexibility index (Phi) is 7.74. The van der Waals surface area contributed by atoms with E-state index < -0.39 is 20.2 Å². The van der Waals surface area contributed by atoms with Gasteiger partial charge in [-0.2, -0.15) is 0 Å². The number of ether oxygens (including phenoxy) is 1. The lowest BCUT2D eigenvalue weighted by molar-refractivity contribution is -0.976. The van der Waals surface area contributed by atoms with Crippen molar-refractivity contribution < 1.29 is 29.3 Å². The largest absolute Gasteiger partial charge is 0.459 e. The molecular weight excluding hydrogens is 214 g/mol. The second-order valence-corrected chi connectivity index (χ2v) is 3.48. The molecule has 94 valence electrons. The molecule has 0 atom stereocenters. The van der Waals surface area contributed by atoms with Crippen molar-refractivity contribution in [1.82, 2.24) is 0 Å². The van der Waals surface area contributed by atoms with Gasteiger partial charge in [0.1, 0.15) is 13.2 Å². The number of aliphatic hydroxyl groups is 3. The van der Waals surface area contributed by atoms with E-state index >= 15 is 0 Å². The van der Waals surface area contributed by atoms with Crippen molar-refractivity contribution in [2.24, 2.45) is 0 Å². The smallest absolute Gasteiger partial charge is 0.309 e. The highest BCUT2D eigenvalue weighted by atomic mass is 16.5. The van der Waals surface area contributed by atoms with Gasteiger partial charge in [0.05, 0.1) is 6.42 Å². The fraction of sp³-hybridized carbons (Fsp3) is 0.700. The second kappa shape index (κ2) is 8.23. The van der Waals surface area contributed by atoms with Crippen LogP contribution in [0.3, 0.4) is 0 Å². The average molecular weight is 234 g/mol. The van der Waals surface area contributed by atoms with Gasteiger partial charge >= 0.3 is 5.97 Å². The molecule has 0 aliphatic heterocycles. The van der Waals surface area contributed by atoms with Gasteiger partial charge in [-0.05, 0) is 6.92 Å². The van der Waals surface area contributed by atoms with Gasteiger partial charge < -0.3 is 20.1 Å². The third-order valence-corrected chi connectivity index (χ3v) is 2.25. The van der Waals surface area contributed by atoms with Gasteiger partial charge in [-0.1, -0.05) is 12.2 Å². The number of quaternary nitrogens is 1. The summed E-state index contributed by atoms with van der Waals surface area (Å²) in [5.41, 5.74) is 0. The van der Waals surface area contributed by atoms with Crippen molar-refractivity contribution in [1.29, 1.82) is 0 Å². The molecule has 0 fully saturated rings. The van der Waals surface area contributed by atoms with E-state index in [0.717, 1.165) is 0 Å². The second-order valence-electron chi connectivity index (χ2n) is 3.48. The normalized spacial score (nSPS) is 12.0. The Bertz CT molecular complexity index is 217. The maximum Gasteiger partial charge on any atom is 0.309 e. The molecule has 0 aliphatic rings. The van der Waals surface area contributed by atoms with Crippen molar-refractivity contribution in [2.45, 2.75) is 13.3 Å². The van der Waals surface area contributed by atoms with Crippen LogP contribution in [0.4, 0.5) is 0 Å². The first-order valence-electron chi connectivity index (χ1n) is 5.08. The number of nitrogens with zero attached hydrogens (tertiary/aromatic N) is 1. The molecule has 6 heteroatoms. The molecule has 0 amide bonds. The zero-order chi connectivity index (χ0) is 12.4. The number of aliphatic hydroxyl groups excluding tert-OH is 3. The van der Waals surface area contributed by atoms with E-state index in [2.05, 4.69) is 0 Å². The third-order valence-electron chi connectivity index (χ3n) is 2.25. The number of hydrogen-bond acceptors (Lipinski definition) is 5. The number of hydrogen-bond donors (Lipinski definition) is 3. The highest BCUT2D eigenvalue weighted by Gasteiger charge is 2.24. The highest BCUT2D eigenvalue weighted by molar-refractivity contribution is 5.71. The Balaban J connectivity index is 3.90. The summed E-state index contributed by atoms with van der Waals surface area (Å²) in [4.78, 5) is 11.1. The summed E-state index contributed by atoms with van der Waals surface area (Å²) in [7, 11) is 0. The van der Waals surface area contributed by atoms with Gasteiger partial charge in [-0.15, -0.1) is 0 Å². The third kappa shape index (κ3) is 5.22. The van der Waals surface area contributed by atoms with Crippen LogP contribution in [0.5, 0.6) is 0 Å². The molecule has 0 saturated carbocycles. The summed E-state index contributed by atoms with van der Waals surface area (Å²) in [6, 6.07) is 0. The first-order chi connectivity index (χ1) is 7.64. The van der Waals surface area contributed by atoms with Crippen LogP contribution in [0, 0.1) is 0 Å². The summed E-state index contributed by atoms with van der Waals surface area (Å²) in [5, 5.41) is 27.0. The Morgan fingerprint density at radius 1 is 1.25 bits per heavy atom. The fourth-order valence-corrected chi connectivity index (χ4v) is 0.972. The van der Waals surface area contributed by atoms with Gasteiger partial charge in [0.25, 0.3) is 0 Å². The van der Waals surface area contributed by atoms with E-state index in [1.807, 2.05) is 0 Å². The van der Waals surface area contributed by atoms with E-state index in [1.165, 1.54) is 0 Å². The molecule has 0 saturated heterocycles. The maximum atomic E-state index is 11.1. The van der Waals surface area contributed by atoms with Gasteiger partial charge in [0, 0.05) is 0 Å². The molecule has 0 heterocycles. The van der Waals surface area contributed by atoms with Crippen LogP contribution < -0.4 is 0 Å². The Hall–Kier alpha value is -0.950. The predicted octanol–water partition coefficient (Wildman–Crippen LogP) is -0.838. The first kappa shape index (κ1) is 15.0. The lowest BCUT2D eigenvalue weighted by Crippen LogP contribution is -2.52. The van der Waals surface area contributed by atoms with Gasteiger partial charge in [0.15, 0.2) is 20.2 Å². The highest BCUT2D eigenvalue weighted by Crippen LogP contribution is 2.02. The molecule has 3 N–H and O–H groups in total. The first-order valence-corrected chi connectivity index (χ1v) is 5.08. The SMILES string of the molecule is C/C=C/CC(=O)OCC[N+](CO)(CO)CO. The number of carbonyl (C=O) groups is 1. The molecule has 6 nitrogen and oxygen atoms in total. The monoisotopic (exact) mass is 234 g/mol. The maximum absolute atomic E-state index is 11.1. The van der Waals surface area contributed by atoms with Crippen molar-refractivity contribution in [2.75, 3.05) is 33.3 Å². The molecule has 0 aromatic heterocycles. The van der Waals surface area contributed by atoms with Crippen LogP contribution in [0.2, 0.25) is 0 Å². The van der Waals surface area contributed by atoms with E-state index in [-0.39, 0.29) is 30.0 Å². The number of rotatable bonds is 8. The van der Waals surface area contributed by atoms with E-state index in [9.17, 15) is 4.79 Å². The molecule has 0 radical (unpaired) electrons. The summed E-state index contributed by atoms with van der Waals surface area (Å²) < 4.78 is 4.56. The summed E-state index contributed by atoms with van der Waals surface area (Å²) in [6.07, 6.45) is 3.62. The fourth-order valence-electron chi connectivity index (χ4n) is 0.972. The van der Waals surface area contributed by atoms with Crippen LogP contribution in [0.25, 0.3) is 0 Å². The topological polar surface area (TPSA) is 87.0 Å². The van der Waals surface area contributed by atoms with Gasteiger partial charge in [0.2, 0.25) is 0 Å². The molecule has 0 unspecified atom stereocenters. The summed E-state index contributed by atoms with van der Waals surface area (Å²) >= 11 is 0. The standard InChI is InChI=1S/C10H20NO5/c1-2-3-4-10(15)16-6-5-11(7-12,8-13)9-14/h2-3,12-14H,4-9H2,1H3/q+1/b3-2+. The molecule has 0 aromatic rings. The zero-order valence-electron chi connectivity index (χ0n) is 9.50. The summed E-state index contributed by atoms with van der Waals surface area (Å²) in [5.74, 6) is -0.370. The lowest BCUT2D eigenvalue weighted by atomic mass is 10.4. The van der Waals surface area contributed by atoms with E-state index in [0.29, 0.717) is 0 Å². The van der Waals surface area contributed by atoms with E-state index in [4.69, 9.17) is 20.1 Å². The van der Waals surface area contributed by atoms with Crippen LogP contribution >= 0.6 is 0 Å². The summed E-state index contributed by atoms with van der Waals surface area (Å²) in [6.45, 7) is 0.819. The van der Waals surface area contributed by atoms with Crippen molar-refractivity contribution in [3.05, 3.63) is 12.2 Å². The van der Waals surface area contributed by atoms with Crippen molar-refractivity contribution in [3.63, 3.8) is 0 Å². The number of esters is 1. The van der Waals surface area contributed by atoms with Crippen LogP contribution in [0.1, 0.15) is 13.3 Å². The zero-order valence-corrected chi connectivity index (χ0v) is 9.50. The quantitative estimate of drug-likeness (QED) is 0.221. The van der Waals surface area contributed by atoms with Gasteiger partial charge in [-0.3, -0.25) is 9.28 Å². The minimum atomic E-state index is -0.403. The Morgan fingerprint density at radius 2 is 1.81 bits per heavy atom. The average Bonchev–Trinajstić information content (AvgIpc) is 2.33. The Labute approximate surface area is 95.0 Å². The van der Waals surface area contributed by atoms with Gasteiger partial charge in [-0.25, -0.2) is 0 Å². The van der Waals surface area contributed by atoms with Crippen molar-refractivity contribution >= 4 is 5.97 Å². The lowest BCUT2D eigenvalue weighted by Gasteiger charge is -2.31. The molecule has 0 aromatic carbocycles. The Morgan fingerprint density at radius 3 is 2.25 bits per heavy atom. The van der Waals surface area contributed by atoms with Crippen LogP contribution in [0.15, 0.2) is 12.2 Å². The molecule has 0 bridgehead atoms. The predicted molar refractivity (Wildman–Crippen MR) is 56.8 cm³/mol.